The van der Waals surface area contributed by atoms with E-state index in [9.17, 15) is 9.65 Å². The molecule has 0 aromatic heterocycles. The Labute approximate surface area is 170 Å². The first-order valence-corrected chi connectivity index (χ1v) is 9.42. The van der Waals surface area contributed by atoms with Gasteiger partial charge in [0.25, 0.3) is 0 Å². The van der Waals surface area contributed by atoms with Gasteiger partial charge in [-0.05, 0) is 49.2 Å². The summed E-state index contributed by atoms with van der Waals surface area (Å²) in [6, 6.07) is 21.9. The second-order valence-electron chi connectivity index (χ2n) is 6.57. The number of rotatable bonds is 7. The van der Waals surface area contributed by atoms with Crippen molar-refractivity contribution in [3.63, 3.8) is 0 Å². The Morgan fingerprint density at radius 3 is 2.55 bits per heavy atom. The molecular weight excluding hydrogens is 365 g/mol. The highest BCUT2D eigenvalue weighted by molar-refractivity contribution is 5.90. The van der Waals surface area contributed by atoms with Gasteiger partial charge < -0.3 is 9.47 Å². The summed E-state index contributed by atoms with van der Waals surface area (Å²) in [7, 11) is 0. The molecule has 0 heterocycles. The third-order valence-electron chi connectivity index (χ3n) is 4.34. The van der Waals surface area contributed by atoms with Crippen LogP contribution in [-0.2, 0) is 6.61 Å². The van der Waals surface area contributed by atoms with Gasteiger partial charge >= 0.3 is 0 Å². The topological polar surface area (TPSA) is 42.2 Å². The number of halogens is 1. The summed E-state index contributed by atoms with van der Waals surface area (Å²) in [4.78, 5) is 0. The zero-order valence-electron chi connectivity index (χ0n) is 16.5. The molecule has 0 fully saturated rings. The van der Waals surface area contributed by atoms with Crippen molar-refractivity contribution in [2.45, 2.75) is 20.5 Å². The molecule has 0 aliphatic rings. The Hall–Kier alpha value is -3.58. The minimum absolute atomic E-state index is 0.249. The van der Waals surface area contributed by atoms with E-state index in [4.69, 9.17) is 9.47 Å². The molecule has 29 heavy (non-hydrogen) atoms. The lowest BCUT2D eigenvalue weighted by molar-refractivity contribution is 0.269. The van der Waals surface area contributed by atoms with Crippen LogP contribution in [0.5, 0.6) is 11.5 Å². The summed E-state index contributed by atoms with van der Waals surface area (Å²) in [5, 5.41) is 9.48. The van der Waals surface area contributed by atoms with Crippen molar-refractivity contribution in [3.8, 4) is 17.6 Å². The third kappa shape index (κ3) is 5.24. The second kappa shape index (κ2) is 9.57. The van der Waals surface area contributed by atoms with Crippen molar-refractivity contribution in [2.75, 3.05) is 6.61 Å². The Balaban J connectivity index is 1.87. The van der Waals surface area contributed by atoms with Crippen molar-refractivity contribution in [1.29, 1.82) is 5.26 Å². The van der Waals surface area contributed by atoms with Crippen LogP contribution >= 0.6 is 0 Å². The summed E-state index contributed by atoms with van der Waals surface area (Å²) in [6.07, 6.45) is 1.64. The maximum Gasteiger partial charge on any atom is 0.161 e. The molecule has 0 N–H and O–H groups in total. The van der Waals surface area contributed by atoms with Crippen LogP contribution in [0.3, 0.4) is 0 Å². The molecule has 0 atom stereocenters. The Kier molecular flexibility index (Phi) is 6.65. The molecule has 0 aliphatic heterocycles. The van der Waals surface area contributed by atoms with E-state index in [0.717, 1.165) is 11.1 Å². The first kappa shape index (κ1) is 20.2. The van der Waals surface area contributed by atoms with Crippen LogP contribution in [0.2, 0.25) is 0 Å². The average Bonchev–Trinajstić information content (AvgIpc) is 2.72. The van der Waals surface area contributed by atoms with Gasteiger partial charge in [-0.25, -0.2) is 4.39 Å². The number of hydrogen-bond acceptors (Lipinski definition) is 3. The van der Waals surface area contributed by atoms with Crippen molar-refractivity contribution in [3.05, 3.63) is 94.8 Å². The standard InChI is InChI=1S/C25H22FNO2/c1-3-28-25-15-19(14-21(16-27)22-9-4-5-10-23(22)26)11-12-24(25)29-17-20-8-6-7-18(2)13-20/h4-15H,3,17H2,1-2H3. The zero-order chi connectivity index (χ0) is 20.6. The number of nitriles is 1. The Morgan fingerprint density at radius 1 is 1.00 bits per heavy atom. The zero-order valence-corrected chi connectivity index (χ0v) is 16.5. The van der Waals surface area contributed by atoms with Gasteiger partial charge in [0.1, 0.15) is 12.4 Å². The van der Waals surface area contributed by atoms with Gasteiger partial charge in [0.15, 0.2) is 11.5 Å². The monoisotopic (exact) mass is 387 g/mol. The third-order valence-corrected chi connectivity index (χ3v) is 4.34. The molecule has 0 unspecified atom stereocenters. The fraction of sp³-hybridized carbons (Fsp3) is 0.160. The van der Waals surface area contributed by atoms with E-state index >= 15 is 0 Å². The average molecular weight is 387 g/mol. The Morgan fingerprint density at radius 2 is 1.83 bits per heavy atom. The van der Waals surface area contributed by atoms with E-state index in [1.165, 1.54) is 11.6 Å². The van der Waals surface area contributed by atoms with Gasteiger partial charge in [-0.2, -0.15) is 5.26 Å². The smallest absolute Gasteiger partial charge is 0.161 e. The molecule has 0 radical (unpaired) electrons. The summed E-state index contributed by atoms with van der Waals surface area (Å²) in [5.41, 5.74) is 3.50. The normalized spacial score (nSPS) is 11.0. The molecular formula is C25H22FNO2. The van der Waals surface area contributed by atoms with Gasteiger partial charge in [0, 0.05) is 5.56 Å². The highest BCUT2D eigenvalue weighted by atomic mass is 19.1. The van der Waals surface area contributed by atoms with Crippen molar-refractivity contribution < 1.29 is 13.9 Å². The molecule has 3 aromatic carbocycles. The predicted molar refractivity (Wildman–Crippen MR) is 113 cm³/mol. The number of nitrogens with zero attached hydrogens (tertiary/aromatic N) is 1. The molecule has 4 heteroatoms. The van der Waals surface area contributed by atoms with Crippen LogP contribution in [0.1, 0.15) is 29.2 Å². The minimum atomic E-state index is -0.427. The molecule has 0 amide bonds. The van der Waals surface area contributed by atoms with E-state index in [1.807, 2.05) is 44.2 Å². The van der Waals surface area contributed by atoms with Gasteiger partial charge in [-0.15, -0.1) is 0 Å². The largest absolute Gasteiger partial charge is 0.490 e. The van der Waals surface area contributed by atoms with Crippen molar-refractivity contribution >= 4 is 11.6 Å². The first-order valence-electron chi connectivity index (χ1n) is 9.42. The van der Waals surface area contributed by atoms with Gasteiger partial charge in [0.2, 0.25) is 0 Å². The molecule has 0 saturated carbocycles. The highest BCUT2D eigenvalue weighted by Crippen LogP contribution is 2.31. The van der Waals surface area contributed by atoms with Gasteiger partial charge in [-0.3, -0.25) is 0 Å². The molecule has 3 aromatic rings. The molecule has 0 bridgehead atoms. The van der Waals surface area contributed by atoms with Crippen molar-refractivity contribution in [1.82, 2.24) is 0 Å². The van der Waals surface area contributed by atoms with Crippen LogP contribution < -0.4 is 9.47 Å². The number of aryl methyl sites for hydroxylation is 1. The minimum Gasteiger partial charge on any atom is -0.490 e. The SMILES string of the molecule is CCOc1cc(C=C(C#N)c2ccccc2F)ccc1OCc1cccc(C)c1. The molecule has 0 saturated heterocycles. The van der Waals surface area contributed by atoms with Gasteiger partial charge in [-0.1, -0.05) is 54.1 Å². The number of hydrogen-bond donors (Lipinski definition) is 0. The number of allylic oxidation sites excluding steroid dienone is 1. The molecule has 0 aliphatic carbocycles. The lowest BCUT2D eigenvalue weighted by Crippen LogP contribution is -2.00. The fourth-order valence-electron chi connectivity index (χ4n) is 2.98. The lowest BCUT2D eigenvalue weighted by Gasteiger charge is -2.13. The second-order valence-corrected chi connectivity index (χ2v) is 6.57. The van der Waals surface area contributed by atoms with E-state index in [-0.39, 0.29) is 11.1 Å². The number of ether oxygens (including phenoxy) is 2. The van der Waals surface area contributed by atoms with Crippen LogP contribution in [0.15, 0.2) is 66.7 Å². The van der Waals surface area contributed by atoms with E-state index in [2.05, 4.69) is 12.1 Å². The summed E-state index contributed by atoms with van der Waals surface area (Å²) in [5.74, 6) is 0.776. The molecule has 3 nitrogen and oxygen atoms in total. The maximum absolute atomic E-state index is 14.0. The summed E-state index contributed by atoms with van der Waals surface area (Å²) < 4.78 is 25.7. The van der Waals surface area contributed by atoms with Crippen molar-refractivity contribution in [2.24, 2.45) is 0 Å². The summed E-state index contributed by atoms with van der Waals surface area (Å²) >= 11 is 0. The van der Waals surface area contributed by atoms with Gasteiger partial charge in [0.05, 0.1) is 18.2 Å². The van der Waals surface area contributed by atoms with Crippen LogP contribution in [0, 0.1) is 24.1 Å². The van der Waals surface area contributed by atoms with Crippen LogP contribution in [0.4, 0.5) is 4.39 Å². The predicted octanol–water partition coefficient (Wildman–Crippen LogP) is 6.18. The number of benzene rings is 3. The highest BCUT2D eigenvalue weighted by Gasteiger charge is 2.10. The van der Waals surface area contributed by atoms with E-state index < -0.39 is 5.82 Å². The first-order chi connectivity index (χ1) is 14.1. The lowest BCUT2D eigenvalue weighted by atomic mass is 10.0. The quantitative estimate of drug-likeness (QED) is 0.359. The van der Waals surface area contributed by atoms with E-state index in [1.54, 1.807) is 30.3 Å². The molecule has 3 rings (SSSR count). The van der Waals surface area contributed by atoms with Crippen LogP contribution in [-0.4, -0.2) is 6.61 Å². The molecule has 0 spiro atoms. The molecule has 146 valence electrons. The maximum atomic E-state index is 14.0. The fourth-order valence-corrected chi connectivity index (χ4v) is 2.98. The Bertz CT molecular complexity index is 1070. The van der Waals surface area contributed by atoms with Crippen LogP contribution in [0.25, 0.3) is 11.6 Å². The van der Waals surface area contributed by atoms with E-state index in [0.29, 0.717) is 24.7 Å². The summed E-state index contributed by atoms with van der Waals surface area (Å²) in [6.45, 7) is 4.84.